The zero-order valence-electron chi connectivity index (χ0n) is 19.3. The summed E-state index contributed by atoms with van der Waals surface area (Å²) in [6.07, 6.45) is 3.08. The van der Waals surface area contributed by atoms with Crippen molar-refractivity contribution in [1.82, 2.24) is 10.2 Å². The van der Waals surface area contributed by atoms with Crippen molar-refractivity contribution in [2.75, 3.05) is 31.6 Å². The van der Waals surface area contributed by atoms with Crippen molar-refractivity contribution in [2.45, 2.75) is 36.7 Å². The summed E-state index contributed by atoms with van der Waals surface area (Å²) in [4.78, 5) is 27.9. The van der Waals surface area contributed by atoms with Crippen LogP contribution in [0.15, 0.2) is 57.8 Å². The number of sulfonamides is 1. The van der Waals surface area contributed by atoms with Crippen LogP contribution in [0, 0.1) is 5.92 Å². The lowest BCUT2D eigenvalue weighted by Gasteiger charge is -2.32. The highest BCUT2D eigenvalue weighted by atomic mass is 32.2. The van der Waals surface area contributed by atoms with Gasteiger partial charge < -0.3 is 20.3 Å². The third kappa shape index (κ3) is 4.94. The highest BCUT2D eigenvalue weighted by Crippen LogP contribution is 2.30. The summed E-state index contributed by atoms with van der Waals surface area (Å²) >= 11 is 0. The van der Waals surface area contributed by atoms with Crippen LogP contribution in [0.5, 0.6) is 0 Å². The van der Waals surface area contributed by atoms with Crippen molar-refractivity contribution < 1.29 is 22.7 Å². The van der Waals surface area contributed by atoms with Gasteiger partial charge in [0.2, 0.25) is 5.91 Å². The molecule has 0 aromatic heterocycles. The van der Waals surface area contributed by atoms with E-state index in [9.17, 15) is 18.0 Å². The van der Waals surface area contributed by atoms with Crippen LogP contribution in [0.1, 0.15) is 41.6 Å². The number of carbonyl (C=O) groups is 2. The number of nitrogens with zero attached hydrogens (tertiary/aromatic N) is 2. The molecular weight excluding hydrogens is 468 g/mol. The Morgan fingerprint density at radius 2 is 1.77 bits per heavy atom. The second-order valence-corrected chi connectivity index (χ2v) is 10.6. The first-order chi connectivity index (χ1) is 16.9. The summed E-state index contributed by atoms with van der Waals surface area (Å²) in [6.45, 7) is 2.21. The zero-order valence-corrected chi connectivity index (χ0v) is 20.1. The largest absolute Gasteiger partial charge is 0.376 e. The van der Waals surface area contributed by atoms with E-state index in [-0.39, 0.29) is 28.7 Å². The summed E-state index contributed by atoms with van der Waals surface area (Å²) in [7, 11) is -3.68. The van der Waals surface area contributed by atoms with E-state index in [1.54, 1.807) is 48.5 Å². The predicted octanol–water partition coefficient (Wildman–Crippen LogP) is 2.40. The van der Waals surface area contributed by atoms with E-state index >= 15 is 0 Å². The molecule has 2 fully saturated rings. The quantitative estimate of drug-likeness (QED) is 0.657. The maximum atomic E-state index is 13.0. The number of hydrogen-bond acceptors (Lipinski definition) is 6. The van der Waals surface area contributed by atoms with Gasteiger partial charge in [-0.2, -0.15) is 8.42 Å². The molecule has 0 aliphatic carbocycles. The molecule has 35 heavy (non-hydrogen) atoms. The summed E-state index contributed by atoms with van der Waals surface area (Å²) in [5, 5.41) is 5.83. The Labute approximate surface area is 204 Å². The molecule has 2 amide bonds. The lowest BCUT2D eigenvalue weighted by Crippen LogP contribution is -2.41. The van der Waals surface area contributed by atoms with E-state index in [1.165, 1.54) is 0 Å². The predicted molar refractivity (Wildman–Crippen MR) is 131 cm³/mol. The van der Waals surface area contributed by atoms with Crippen molar-refractivity contribution in [1.29, 1.82) is 0 Å². The minimum atomic E-state index is -3.68. The number of fused-ring (bicyclic) bond motifs is 1. The number of anilines is 1. The fraction of sp³-hybridized carbons (Fsp3) is 0.400. The summed E-state index contributed by atoms with van der Waals surface area (Å²) in [5.41, 5.74) is 1.50. The average Bonchev–Trinajstić information content (AvgIpc) is 3.49. The van der Waals surface area contributed by atoms with Gasteiger partial charge in [-0.15, -0.1) is 4.40 Å². The Morgan fingerprint density at radius 1 is 1.03 bits per heavy atom. The number of carbonyl (C=O) groups excluding carboxylic acids is 2. The van der Waals surface area contributed by atoms with E-state index in [4.69, 9.17) is 4.74 Å². The van der Waals surface area contributed by atoms with Gasteiger partial charge in [0.05, 0.1) is 17.4 Å². The molecule has 2 saturated heterocycles. The molecule has 2 N–H and O–H groups in total. The zero-order chi connectivity index (χ0) is 24.4. The first-order valence-electron chi connectivity index (χ1n) is 11.9. The van der Waals surface area contributed by atoms with Gasteiger partial charge in [-0.1, -0.05) is 24.3 Å². The lowest BCUT2D eigenvalue weighted by molar-refractivity contribution is -0.120. The van der Waals surface area contributed by atoms with Crippen molar-refractivity contribution in [2.24, 2.45) is 10.3 Å². The van der Waals surface area contributed by atoms with E-state index in [2.05, 4.69) is 15.0 Å². The Balaban J connectivity index is 1.20. The van der Waals surface area contributed by atoms with E-state index in [1.807, 2.05) is 4.90 Å². The molecule has 3 heterocycles. The fourth-order valence-electron chi connectivity index (χ4n) is 4.80. The number of ether oxygens (including phenoxy) is 1. The van der Waals surface area contributed by atoms with Crippen LogP contribution in [0.3, 0.4) is 0 Å². The molecule has 2 aromatic carbocycles. The number of amides is 2. The molecule has 5 rings (SSSR count). The van der Waals surface area contributed by atoms with Crippen LogP contribution in [-0.4, -0.2) is 63.3 Å². The highest BCUT2D eigenvalue weighted by Gasteiger charge is 2.34. The number of nitrogens with one attached hydrogen (secondary N) is 2. The topological polar surface area (TPSA) is 117 Å². The van der Waals surface area contributed by atoms with E-state index in [0.29, 0.717) is 55.1 Å². The van der Waals surface area contributed by atoms with Crippen LogP contribution >= 0.6 is 0 Å². The second kappa shape index (κ2) is 9.79. The van der Waals surface area contributed by atoms with Crippen molar-refractivity contribution in [3.63, 3.8) is 0 Å². The van der Waals surface area contributed by atoms with Gasteiger partial charge in [0.25, 0.3) is 15.9 Å². The van der Waals surface area contributed by atoms with Crippen LogP contribution in [0.4, 0.5) is 5.69 Å². The number of likely N-dealkylation sites (tertiary alicyclic amines) is 1. The third-order valence-electron chi connectivity index (χ3n) is 6.72. The third-order valence-corrected chi connectivity index (χ3v) is 8.05. The molecule has 0 bridgehead atoms. The number of para-hydroxylation sites is 1. The Kier molecular flexibility index (Phi) is 6.57. The molecule has 0 spiro atoms. The Bertz CT molecular complexity index is 1260. The van der Waals surface area contributed by atoms with Gasteiger partial charge in [-0.25, -0.2) is 0 Å². The Hall–Kier alpha value is -3.24. The maximum Gasteiger partial charge on any atom is 0.285 e. The highest BCUT2D eigenvalue weighted by molar-refractivity contribution is 7.90. The lowest BCUT2D eigenvalue weighted by atomic mass is 9.95. The molecule has 0 saturated carbocycles. The molecule has 3 aliphatic heterocycles. The molecule has 10 heteroatoms. The average molecular weight is 497 g/mol. The molecule has 1 atom stereocenters. The number of amidine groups is 1. The molecule has 2 aromatic rings. The minimum absolute atomic E-state index is 0.0392. The first kappa shape index (κ1) is 23.5. The first-order valence-corrected chi connectivity index (χ1v) is 13.4. The maximum absolute atomic E-state index is 13.0. The van der Waals surface area contributed by atoms with Gasteiger partial charge in [0.15, 0.2) is 5.84 Å². The van der Waals surface area contributed by atoms with Gasteiger partial charge in [-0.05, 0) is 49.9 Å². The van der Waals surface area contributed by atoms with Crippen LogP contribution in [0.2, 0.25) is 0 Å². The molecule has 9 nitrogen and oxygen atoms in total. The van der Waals surface area contributed by atoms with Crippen LogP contribution < -0.4 is 10.6 Å². The summed E-state index contributed by atoms with van der Waals surface area (Å²) < 4.78 is 34.3. The summed E-state index contributed by atoms with van der Waals surface area (Å²) in [6, 6.07) is 13.8. The van der Waals surface area contributed by atoms with E-state index in [0.717, 1.165) is 19.4 Å². The van der Waals surface area contributed by atoms with Crippen molar-refractivity contribution in [3.05, 3.63) is 59.7 Å². The van der Waals surface area contributed by atoms with Gasteiger partial charge >= 0.3 is 0 Å². The van der Waals surface area contributed by atoms with Crippen LogP contribution in [0.25, 0.3) is 0 Å². The smallest absolute Gasteiger partial charge is 0.285 e. The molecular formula is C25H28N4O5S. The molecule has 0 radical (unpaired) electrons. The number of hydrogen-bond donors (Lipinski definition) is 2. The fourth-order valence-corrected chi connectivity index (χ4v) is 6.03. The monoisotopic (exact) mass is 496 g/mol. The Morgan fingerprint density at radius 3 is 2.54 bits per heavy atom. The van der Waals surface area contributed by atoms with Crippen molar-refractivity contribution in [3.8, 4) is 0 Å². The number of benzene rings is 2. The summed E-state index contributed by atoms with van der Waals surface area (Å²) in [5.74, 6) is -0.188. The van der Waals surface area contributed by atoms with Gasteiger partial charge in [0.1, 0.15) is 4.90 Å². The standard InChI is InChI=1S/C25H28N4O5S/c30-24(27-21-9-3-1-7-19(21)25(31)26-16-18-6-5-15-34-18)17-11-13-29(14-12-17)23-20-8-2-4-10-22(20)35(32,33)28-23/h1-4,7-10,17-18H,5-6,11-16H2,(H,26,31)(H,27,30). The minimum Gasteiger partial charge on any atom is -0.376 e. The van der Waals surface area contributed by atoms with Gasteiger partial charge in [0, 0.05) is 37.7 Å². The number of rotatable bonds is 5. The van der Waals surface area contributed by atoms with Gasteiger partial charge in [-0.3, -0.25) is 9.59 Å². The SMILES string of the molecule is O=C(NCC1CCCO1)c1ccccc1NC(=O)C1CCN(C2=NS(=O)(=O)c3ccccc32)CC1. The number of piperidine rings is 1. The second-order valence-electron chi connectivity index (χ2n) is 9.03. The molecule has 3 aliphatic rings. The molecule has 1 unspecified atom stereocenters. The van der Waals surface area contributed by atoms with Crippen molar-refractivity contribution >= 4 is 33.4 Å². The molecule has 184 valence electrons. The normalized spacial score (nSPS) is 21.3. The van der Waals surface area contributed by atoms with Crippen LogP contribution in [-0.2, 0) is 19.6 Å². The van der Waals surface area contributed by atoms with E-state index < -0.39 is 10.0 Å².